The number of imide groups is 1. The zero-order valence-corrected chi connectivity index (χ0v) is 21.2. The number of benzene rings is 1. The molecule has 38 heavy (non-hydrogen) atoms. The van der Waals surface area contributed by atoms with E-state index >= 15 is 0 Å². The maximum Gasteiger partial charge on any atom is 0.253 e. The molecule has 1 aromatic rings. The summed E-state index contributed by atoms with van der Waals surface area (Å²) >= 11 is 0. The minimum absolute atomic E-state index is 0.0279. The van der Waals surface area contributed by atoms with E-state index in [1.54, 1.807) is 12.1 Å². The number of amides is 5. The van der Waals surface area contributed by atoms with Gasteiger partial charge >= 0.3 is 0 Å². The number of carbonyl (C=O) groups is 5. The SMILES string of the molecule is O=C(CCN1C(=O)C=CC1=O)NCCOCCOCCC(=O)Nc1ccc(CCC(=O)N2CCC2O)cc1. The number of aryl methyl sites for hydroxylation is 1. The maximum atomic E-state index is 12.1. The summed E-state index contributed by atoms with van der Waals surface area (Å²) < 4.78 is 10.8. The summed E-state index contributed by atoms with van der Waals surface area (Å²) in [6.45, 7) is 2.06. The topological polar surface area (TPSA) is 155 Å². The Labute approximate surface area is 220 Å². The maximum absolute atomic E-state index is 12.1. The molecule has 0 bridgehead atoms. The third-order valence-corrected chi connectivity index (χ3v) is 6.05. The van der Waals surface area contributed by atoms with Gasteiger partial charge in [0.2, 0.25) is 17.7 Å². The summed E-state index contributed by atoms with van der Waals surface area (Å²) in [6.07, 6.45) is 3.46. The molecule has 206 valence electrons. The van der Waals surface area contributed by atoms with Crippen LogP contribution < -0.4 is 10.6 Å². The summed E-state index contributed by atoms with van der Waals surface area (Å²) in [5, 5.41) is 15.0. The number of aliphatic hydroxyl groups is 1. The first kappa shape index (κ1) is 29.0. The predicted octanol–water partition coefficient (Wildman–Crippen LogP) is -0.0370. The number of anilines is 1. The molecule has 0 radical (unpaired) electrons. The van der Waals surface area contributed by atoms with Crippen molar-refractivity contribution in [3.8, 4) is 0 Å². The Morgan fingerprint density at radius 2 is 1.58 bits per heavy atom. The van der Waals surface area contributed by atoms with Gasteiger partial charge in [-0.25, -0.2) is 0 Å². The van der Waals surface area contributed by atoms with Crippen molar-refractivity contribution in [2.45, 2.75) is 38.3 Å². The number of nitrogens with zero attached hydrogens (tertiary/aromatic N) is 2. The molecule has 12 heteroatoms. The number of hydrogen-bond donors (Lipinski definition) is 3. The zero-order chi connectivity index (χ0) is 27.3. The van der Waals surface area contributed by atoms with Crippen molar-refractivity contribution in [3.63, 3.8) is 0 Å². The van der Waals surface area contributed by atoms with Gasteiger partial charge in [0, 0.05) is 56.7 Å². The fourth-order valence-electron chi connectivity index (χ4n) is 3.74. The molecule has 2 aliphatic heterocycles. The highest BCUT2D eigenvalue weighted by molar-refractivity contribution is 6.13. The Morgan fingerprint density at radius 3 is 2.21 bits per heavy atom. The van der Waals surface area contributed by atoms with Gasteiger partial charge < -0.3 is 30.1 Å². The van der Waals surface area contributed by atoms with Gasteiger partial charge in [0.1, 0.15) is 6.23 Å². The first-order chi connectivity index (χ1) is 18.3. The molecule has 3 rings (SSSR count). The first-order valence-electron chi connectivity index (χ1n) is 12.7. The Kier molecular flexibility index (Phi) is 11.4. The van der Waals surface area contributed by atoms with Crippen molar-refractivity contribution < 1.29 is 38.6 Å². The Hall–Kier alpha value is -3.61. The Bertz CT molecular complexity index is 1010. The van der Waals surface area contributed by atoms with Gasteiger partial charge in [-0.15, -0.1) is 0 Å². The van der Waals surface area contributed by atoms with Crippen LogP contribution in [0.5, 0.6) is 0 Å². The molecule has 1 fully saturated rings. The molecule has 3 N–H and O–H groups in total. The molecule has 1 saturated heterocycles. The van der Waals surface area contributed by atoms with E-state index in [9.17, 15) is 29.1 Å². The monoisotopic (exact) mass is 530 g/mol. The van der Waals surface area contributed by atoms with Gasteiger partial charge in [-0.1, -0.05) is 12.1 Å². The van der Waals surface area contributed by atoms with Gasteiger partial charge in [-0.05, 0) is 24.1 Å². The molecule has 5 amide bonds. The van der Waals surface area contributed by atoms with Crippen molar-refractivity contribution >= 4 is 35.2 Å². The molecule has 1 aromatic carbocycles. The summed E-state index contributed by atoms with van der Waals surface area (Å²) in [6, 6.07) is 7.29. The van der Waals surface area contributed by atoms with Crippen LogP contribution in [0.15, 0.2) is 36.4 Å². The van der Waals surface area contributed by atoms with Gasteiger partial charge in [0.25, 0.3) is 11.8 Å². The largest absolute Gasteiger partial charge is 0.379 e. The fraction of sp³-hybridized carbons (Fsp3) is 0.500. The van der Waals surface area contributed by atoms with Gasteiger partial charge in [-0.2, -0.15) is 0 Å². The van der Waals surface area contributed by atoms with Crippen LogP contribution in [-0.4, -0.2) is 96.7 Å². The van der Waals surface area contributed by atoms with Crippen LogP contribution in [0.4, 0.5) is 5.69 Å². The molecule has 2 aliphatic rings. The minimum atomic E-state index is -0.644. The summed E-state index contributed by atoms with van der Waals surface area (Å²) in [5.74, 6) is -1.35. The zero-order valence-electron chi connectivity index (χ0n) is 21.2. The van der Waals surface area contributed by atoms with Crippen molar-refractivity contribution in [1.29, 1.82) is 0 Å². The Balaban J connectivity index is 1.14. The number of ether oxygens (including phenoxy) is 2. The lowest BCUT2D eigenvalue weighted by atomic mass is 10.1. The molecule has 0 saturated carbocycles. The van der Waals surface area contributed by atoms with Crippen LogP contribution in [-0.2, 0) is 39.9 Å². The van der Waals surface area contributed by atoms with Crippen LogP contribution in [0.25, 0.3) is 0 Å². The average Bonchev–Trinajstić information content (AvgIpc) is 3.21. The minimum Gasteiger partial charge on any atom is -0.379 e. The Morgan fingerprint density at radius 1 is 0.895 bits per heavy atom. The average molecular weight is 531 g/mol. The van der Waals surface area contributed by atoms with Crippen LogP contribution in [0, 0.1) is 0 Å². The summed E-state index contributed by atoms with van der Waals surface area (Å²) in [5.41, 5.74) is 1.63. The molecule has 1 atom stereocenters. The molecular formula is C26H34N4O8. The normalized spacial score (nSPS) is 16.5. The first-order valence-corrected chi connectivity index (χ1v) is 12.7. The molecule has 12 nitrogen and oxygen atoms in total. The molecule has 1 unspecified atom stereocenters. The van der Waals surface area contributed by atoms with E-state index in [2.05, 4.69) is 10.6 Å². The van der Waals surface area contributed by atoms with Crippen LogP contribution in [0.2, 0.25) is 0 Å². The van der Waals surface area contributed by atoms with Crippen LogP contribution in [0.3, 0.4) is 0 Å². The lowest BCUT2D eigenvalue weighted by Gasteiger charge is -2.37. The van der Waals surface area contributed by atoms with Crippen molar-refractivity contribution in [1.82, 2.24) is 15.1 Å². The van der Waals surface area contributed by atoms with Crippen molar-refractivity contribution in [3.05, 3.63) is 42.0 Å². The predicted molar refractivity (Wildman–Crippen MR) is 135 cm³/mol. The number of likely N-dealkylation sites (tertiary alicyclic amines) is 1. The lowest BCUT2D eigenvalue weighted by Crippen LogP contribution is -2.50. The number of rotatable bonds is 16. The molecule has 0 spiro atoms. The highest BCUT2D eigenvalue weighted by Crippen LogP contribution is 2.17. The van der Waals surface area contributed by atoms with Crippen molar-refractivity contribution in [2.24, 2.45) is 0 Å². The third kappa shape index (κ3) is 9.36. The van der Waals surface area contributed by atoms with Gasteiger partial charge in [0.05, 0.1) is 32.8 Å². The van der Waals surface area contributed by atoms with E-state index in [0.29, 0.717) is 44.7 Å². The second-order valence-electron chi connectivity index (χ2n) is 8.84. The number of carbonyl (C=O) groups excluding carboxylic acids is 5. The second kappa shape index (κ2) is 15.0. The number of aliphatic hydroxyl groups excluding tert-OH is 1. The van der Waals surface area contributed by atoms with E-state index < -0.39 is 18.0 Å². The highest BCUT2D eigenvalue weighted by atomic mass is 16.5. The number of hydrogen-bond acceptors (Lipinski definition) is 8. The van der Waals surface area contributed by atoms with E-state index in [1.807, 2.05) is 12.1 Å². The molecular weight excluding hydrogens is 496 g/mol. The fourth-order valence-corrected chi connectivity index (χ4v) is 3.74. The lowest BCUT2D eigenvalue weighted by molar-refractivity contribution is -0.154. The summed E-state index contributed by atoms with van der Waals surface area (Å²) in [4.78, 5) is 61.2. The van der Waals surface area contributed by atoms with E-state index in [1.165, 1.54) is 17.1 Å². The van der Waals surface area contributed by atoms with Crippen molar-refractivity contribution in [2.75, 3.05) is 51.4 Å². The summed E-state index contributed by atoms with van der Waals surface area (Å²) in [7, 11) is 0. The molecule has 0 aromatic heterocycles. The molecule has 2 heterocycles. The van der Waals surface area contributed by atoms with E-state index in [4.69, 9.17) is 9.47 Å². The van der Waals surface area contributed by atoms with Crippen LogP contribution in [0.1, 0.15) is 31.2 Å². The van der Waals surface area contributed by atoms with E-state index in [0.717, 1.165) is 10.5 Å². The van der Waals surface area contributed by atoms with E-state index in [-0.39, 0.29) is 56.9 Å². The quantitative estimate of drug-likeness (QED) is 0.199. The van der Waals surface area contributed by atoms with Gasteiger partial charge in [0.15, 0.2) is 0 Å². The van der Waals surface area contributed by atoms with Gasteiger partial charge in [-0.3, -0.25) is 28.9 Å². The number of nitrogens with one attached hydrogen (secondary N) is 2. The van der Waals surface area contributed by atoms with Crippen LogP contribution >= 0.6 is 0 Å². The second-order valence-corrected chi connectivity index (χ2v) is 8.84. The third-order valence-electron chi connectivity index (χ3n) is 6.05. The smallest absolute Gasteiger partial charge is 0.253 e. The highest BCUT2D eigenvalue weighted by Gasteiger charge is 2.29. The molecule has 0 aliphatic carbocycles. The standard InChI is InChI=1S/C26H34N4O8/c31-21(9-13-29-24(34)7-8-25(29)35)27-12-16-38-18-17-37-15-11-22(32)28-20-4-1-19(2-5-20)3-6-23(33)30-14-10-26(30)36/h1-2,4-5,7-8,26,36H,3,6,9-18H2,(H,27,31)(H,28,32).